The first-order valence-electron chi connectivity index (χ1n) is 8.05. The normalized spacial score (nSPS) is 10.3. The number of carbonyl (C=O) groups excluding carboxylic acids is 2. The van der Waals surface area contributed by atoms with Crippen LogP contribution in [0.2, 0.25) is 5.02 Å². The average molecular weight is 382 g/mol. The monoisotopic (exact) mass is 381 g/mol. The summed E-state index contributed by atoms with van der Waals surface area (Å²) in [5, 5.41) is 3.40. The summed E-state index contributed by atoms with van der Waals surface area (Å²) in [6.07, 6.45) is 2.88. The van der Waals surface area contributed by atoms with Crippen molar-refractivity contribution < 1.29 is 14.3 Å². The molecule has 3 N–H and O–H groups in total. The minimum Gasteiger partial charge on any atom is -0.487 e. The molecule has 0 saturated carbocycles. The third-order valence-electron chi connectivity index (χ3n) is 3.69. The largest absolute Gasteiger partial charge is 0.487 e. The van der Waals surface area contributed by atoms with Gasteiger partial charge in [-0.2, -0.15) is 0 Å². The predicted octanol–water partition coefficient (Wildman–Crippen LogP) is 3.67. The molecule has 0 aliphatic rings. The maximum atomic E-state index is 12.3. The van der Waals surface area contributed by atoms with Gasteiger partial charge in [-0.1, -0.05) is 23.7 Å². The number of hydrogen-bond acceptors (Lipinski definition) is 4. The Morgan fingerprint density at radius 3 is 2.56 bits per heavy atom. The maximum absolute atomic E-state index is 12.3. The summed E-state index contributed by atoms with van der Waals surface area (Å²) in [7, 11) is 0. The van der Waals surface area contributed by atoms with Crippen molar-refractivity contribution in [3.05, 3.63) is 88.7 Å². The lowest BCUT2D eigenvalue weighted by atomic mass is 10.2. The Hall–Kier alpha value is -3.38. The van der Waals surface area contributed by atoms with E-state index in [2.05, 4.69) is 10.3 Å². The van der Waals surface area contributed by atoms with Crippen LogP contribution in [-0.2, 0) is 6.61 Å². The first kappa shape index (κ1) is 18.4. The fourth-order valence-corrected chi connectivity index (χ4v) is 2.47. The van der Waals surface area contributed by atoms with Gasteiger partial charge in [0.25, 0.3) is 5.91 Å². The molecule has 27 heavy (non-hydrogen) atoms. The number of ether oxygens (including phenoxy) is 1. The van der Waals surface area contributed by atoms with Gasteiger partial charge in [-0.25, -0.2) is 0 Å². The van der Waals surface area contributed by atoms with Crippen LogP contribution < -0.4 is 15.8 Å². The third-order valence-corrected chi connectivity index (χ3v) is 3.95. The summed E-state index contributed by atoms with van der Waals surface area (Å²) in [6.45, 7) is 0.245. The van der Waals surface area contributed by atoms with E-state index in [1.807, 2.05) is 12.1 Å². The molecule has 7 heteroatoms. The number of amides is 2. The summed E-state index contributed by atoms with van der Waals surface area (Å²) >= 11 is 5.83. The molecule has 2 aromatic carbocycles. The quantitative estimate of drug-likeness (QED) is 0.681. The summed E-state index contributed by atoms with van der Waals surface area (Å²) in [4.78, 5) is 27.4. The number of aromatic nitrogens is 1. The number of nitrogens with zero attached hydrogens (tertiary/aromatic N) is 1. The number of pyridine rings is 1. The Morgan fingerprint density at radius 1 is 1.04 bits per heavy atom. The van der Waals surface area contributed by atoms with Crippen LogP contribution in [0.15, 0.2) is 67.0 Å². The Bertz CT molecular complexity index is 974. The lowest BCUT2D eigenvalue weighted by molar-refractivity contribution is 0.0997. The van der Waals surface area contributed by atoms with Crippen molar-refractivity contribution >= 4 is 29.1 Å². The van der Waals surface area contributed by atoms with E-state index in [1.165, 1.54) is 18.5 Å². The van der Waals surface area contributed by atoms with E-state index in [4.69, 9.17) is 22.1 Å². The molecular formula is C20H16ClN3O3. The van der Waals surface area contributed by atoms with Gasteiger partial charge in [-0.05, 0) is 48.0 Å². The van der Waals surface area contributed by atoms with E-state index in [9.17, 15) is 9.59 Å². The average Bonchev–Trinajstić information content (AvgIpc) is 2.67. The van der Waals surface area contributed by atoms with E-state index in [0.29, 0.717) is 22.0 Å². The standard InChI is InChI=1S/C20H16ClN3O3/c21-16-6-4-14(5-7-16)20(26)24-17-3-1-2-13(8-17)12-27-18-9-15(19(22)25)10-23-11-18/h1-11H,12H2,(H2,22,25)(H,24,26). The number of halogens is 1. The van der Waals surface area contributed by atoms with Crippen molar-refractivity contribution in [1.29, 1.82) is 0 Å². The van der Waals surface area contributed by atoms with Crippen molar-refractivity contribution in [2.75, 3.05) is 5.32 Å². The van der Waals surface area contributed by atoms with E-state index in [1.54, 1.807) is 36.4 Å². The highest BCUT2D eigenvalue weighted by Crippen LogP contribution is 2.17. The smallest absolute Gasteiger partial charge is 0.255 e. The van der Waals surface area contributed by atoms with Gasteiger partial charge in [0, 0.05) is 22.5 Å². The van der Waals surface area contributed by atoms with Gasteiger partial charge >= 0.3 is 0 Å². The van der Waals surface area contributed by atoms with Gasteiger partial charge in [0.15, 0.2) is 0 Å². The lowest BCUT2D eigenvalue weighted by Gasteiger charge is -2.09. The van der Waals surface area contributed by atoms with Crippen molar-refractivity contribution in [3.63, 3.8) is 0 Å². The second kappa shape index (κ2) is 8.33. The van der Waals surface area contributed by atoms with Crippen LogP contribution in [0.25, 0.3) is 0 Å². The Labute approximate surface area is 160 Å². The molecule has 3 aromatic rings. The van der Waals surface area contributed by atoms with Crippen LogP contribution in [0.4, 0.5) is 5.69 Å². The van der Waals surface area contributed by atoms with Crippen LogP contribution in [-0.4, -0.2) is 16.8 Å². The van der Waals surface area contributed by atoms with Crippen molar-refractivity contribution in [2.24, 2.45) is 5.73 Å². The molecule has 0 bridgehead atoms. The second-order valence-corrected chi connectivity index (χ2v) is 6.16. The zero-order valence-corrected chi connectivity index (χ0v) is 14.9. The maximum Gasteiger partial charge on any atom is 0.255 e. The molecular weight excluding hydrogens is 366 g/mol. The SMILES string of the molecule is NC(=O)c1cncc(OCc2cccc(NC(=O)c3ccc(Cl)cc3)c2)c1. The van der Waals surface area contributed by atoms with Gasteiger partial charge in [0.2, 0.25) is 5.91 Å². The number of rotatable bonds is 6. The summed E-state index contributed by atoms with van der Waals surface area (Å²) in [5.74, 6) is -0.371. The Kier molecular flexibility index (Phi) is 5.68. The molecule has 0 radical (unpaired) electrons. The number of hydrogen-bond donors (Lipinski definition) is 2. The van der Waals surface area contributed by atoms with Crippen molar-refractivity contribution in [3.8, 4) is 5.75 Å². The minimum absolute atomic E-state index is 0.233. The van der Waals surface area contributed by atoms with Crippen LogP contribution in [0, 0.1) is 0 Å². The Morgan fingerprint density at radius 2 is 1.81 bits per heavy atom. The number of nitrogens with one attached hydrogen (secondary N) is 1. The van der Waals surface area contributed by atoms with Crippen LogP contribution in [0.5, 0.6) is 5.75 Å². The minimum atomic E-state index is -0.570. The summed E-state index contributed by atoms with van der Waals surface area (Å²) in [6, 6.07) is 15.4. The molecule has 0 aliphatic heterocycles. The highest BCUT2D eigenvalue weighted by Gasteiger charge is 2.07. The van der Waals surface area contributed by atoms with E-state index in [0.717, 1.165) is 5.56 Å². The molecule has 0 fully saturated rings. The highest BCUT2D eigenvalue weighted by atomic mass is 35.5. The van der Waals surface area contributed by atoms with Crippen LogP contribution >= 0.6 is 11.6 Å². The van der Waals surface area contributed by atoms with Crippen molar-refractivity contribution in [1.82, 2.24) is 4.98 Å². The first-order valence-corrected chi connectivity index (χ1v) is 8.42. The number of anilines is 1. The van der Waals surface area contributed by atoms with Gasteiger partial charge in [-0.15, -0.1) is 0 Å². The predicted molar refractivity (Wildman–Crippen MR) is 103 cm³/mol. The molecule has 0 saturated heterocycles. The molecule has 0 atom stereocenters. The number of benzene rings is 2. The summed E-state index contributed by atoms with van der Waals surface area (Å²) < 4.78 is 5.64. The molecule has 6 nitrogen and oxygen atoms in total. The van der Waals surface area contributed by atoms with E-state index >= 15 is 0 Å². The molecule has 136 valence electrons. The molecule has 0 unspecified atom stereocenters. The fraction of sp³-hybridized carbons (Fsp3) is 0.0500. The van der Waals surface area contributed by atoms with Crippen LogP contribution in [0.3, 0.4) is 0 Å². The third kappa shape index (κ3) is 5.05. The van der Waals surface area contributed by atoms with E-state index < -0.39 is 5.91 Å². The number of nitrogens with two attached hydrogens (primary N) is 1. The topological polar surface area (TPSA) is 94.3 Å². The second-order valence-electron chi connectivity index (χ2n) is 5.72. The van der Waals surface area contributed by atoms with E-state index in [-0.39, 0.29) is 18.1 Å². The molecule has 2 amide bonds. The molecule has 0 aliphatic carbocycles. The van der Waals surface area contributed by atoms with Gasteiger partial charge < -0.3 is 15.8 Å². The molecule has 1 aromatic heterocycles. The highest BCUT2D eigenvalue weighted by molar-refractivity contribution is 6.30. The molecule has 1 heterocycles. The lowest BCUT2D eigenvalue weighted by Crippen LogP contribution is -2.12. The Balaban J connectivity index is 1.65. The fourth-order valence-electron chi connectivity index (χ4n) is 2.34. The summed E-state index contributed by atoms with van der Waals surface area (Å²) in [5.41, 5.74) is 7.49. The van der Waals surface area contributed by atoms with Crippen LogP contribution in [0.1, 0.15) is 26.3 Å². The zero-order chi connectivity index (χ0) is 19.2. The first-order chi connectivity index (χ1) is 13.0. The zero-order valence-electron chi connectivity index (χ0n) is 14.2. The number of carbonyl (C=O) groups is 2. The molecule has 0 spiro atoms. The van der Waals surface area contributed by atoms with Gasteiger partial charge in [-0.3, -0.25) is 14.6 Å². The number of primary amides is 1. The van der Waals surface area contributed by atoms with Crippen molar-refractivity contribution in [2.45, 2.75) is 6.61 Å². The van der Waals surface area contributed by atoms with Gasteiger partial charge in [0.1, 0.15) is 12.4 Å². The molecule has 3 rings (SSSR count). The van der Waals surface area contributed by atoms with Gasteiger partial charge in [0.05, 0.1) is 11.8 Å².